The van der Waals surface area contributed by atoms with Crippen molar-refractivity contribution in [3.63, 3.8) is 0 Å². The minimum Gasteiger partial charge on any atom is -0.299 e. The fourth-order valence-corrected chi connectivity index (χ4v) is 3.34. The fraction of sp³-hybridized carbons (Fsp3) is 0.692. The van der Waals surface area contributed by atoms with Crippen molar-refractivity contribution < 1.29 is 18.0 Å². The molecule has 1 aliphatic rings. The first-order valence-corrected chi connectivity index (χ1v) is 7.24. The van der Waals surface area contributed by atoms with E-state index < -0.39 is 18.0 Å². The van der Waals surface area contributed by atoms with Crippen LogP contribution >= 0.6 is 11.3 Å². The van der Waals surface area contributed by atoms with Crippen LogP contribution in [0.15, 0.2) is 5.38 Å². The molecule has 1 aromatic rings. The van der Waals surface area contributed by atoms with Gasteiger partial charge in [0.05, 0.1) is 12.3 Å². The number of aromatic nitrogens is 1. The highest BCUT2D eigenvalue weighted by Gasteiger charge is 2.43. The number of alkyl halides is 3. The topological polar surface area (TPSA) is 30.0 Å². The summed E-state index contributed by atoms with van der Waals surface area (Å²) in [5.74, 6) is -1.86. The van der Waals surface area contributed by atoms with Crippen molar-refractivity contribution in [1.29, 1.82) is 0 Å². The van der Waals surface area contributed by atoms with Crippen LogP contribution < -0.4 is 0 Å². The van der Waals surface area contributed by atoms with Gasteiger partial charge >= 0.3 is 6.18 Å². The van der Waals surface area contributed by atoms with E-state index in [1.165, 1.54) is 11.3 Å². The van der Waals surface area contributed by atoms with Crippen molar-refractivity contribution in [1.82, 2.24) is 4.98 Å². The summed E-state index contributed by atoms with van der Waals surface area (Å²) in [6.07, 6.45) is -2.83. The van der Waals surface area contributed by atoms with Gasteiger partial charge in [-0.2, -0.15) is 13.2 Å². The van der Waals surface area contributed by atoms with E-state index in [2.05, 4.69) is 4.98 Å². The maximum atomic E-state index is 12.7. The molecule has 0 amide bonds. The van der Waals surface area contributed by atoms with Gasteiger partial charge in [0.2, 0.25) is 0 Å². The molecule has 0 N–H and O–H groups in total. The Bertz CT molecular complexity index is 455. The maximum absolute atomic E-state index is 12.7. The molecule has 2 nitrogen and oxygen atoms in total. The predicted molar refractivity (Wildman–Crippen MR) is 67.1 cm³/mol. The smallest absolute Gasteiger partial charge is 0.299 e. The Morgan fingerprint density at radius 2 is 2.21 bits per heavy atom. The molecular weight excluding hydrogens is 275 g/mol. The third kappa shape index (κ3) is 3.78. The fourth-order valence-electron chi connectivity index (χ4n) is 2.56. The third-order valence-corrected chi connectivity index (χ3v) is 4.55. The van der Waals surface area contributed by atoms with Crippen LogP contribution in [0.4, 0.5) is 13.2 Å². The van der Waals surface area contributed by atoms with Gasteiger partial charge in [0.1, 0.15) is 10.8 Å². The Kier molecular flexibility index (Phi) is 4.28. The van der Waals surface area contributed by atoms with Crippen molar-refractivity contribution in [2.24, 2.45) is 11.8 Å². The largest absolute Gasteiger partial charge is 0.391 e. The minimum atomic E-state index is -4.17. The Morgan fingerprint density at radius 1 is 1.47 bits per heavy atom. The lowest BCUT2D eigenvalue weighted by Crippen LogP contribution is -2.32. The van der Waals surface area contributed by atoms with Crippen molar-refractivity contribution in [3.05, 3.63) is 16.1 Å². The summed E-state index contributed by atoms with van der Waals surface area (Å²) in [5.41, 5.74) is 0.851. The lowest BCUT2D eigenvalue weighted by atomic mass is 9.78. The summed E-state index contributed by atoms with van der Waals surface area (Å²) in [4.78, 5) is 16.2. The number of halogens is 3. The van der Waals surface area contributed by atoms with E-state index in [-0.39, 0.29) is 25.0 Å². The molecule has 0 bridgehead atoms. The van der Waals surface area contributed by atoms with Crippen LogP contribution in [0, 0.1) is 18.8 Å². The van der Waals surface area contributed by atoms with Crippen molar-refractivity contribution in [2.75, 3.05) is 0 Å². The zero-order chi connectivity index (χ0) is 14.0. The molecule has 106 valence electrons. The van der Waals surface area contributed by atoms with Gasteiger partial charge in [-0.25, -0.2) is 4.98 Å². The summed E-state index contributed by atoms with van der Waals surface area (Å²) in [6.45, 7) is 1.84. The molecule has 0 radical (unpaired) electrons. The quantitative estimate of drug-likeness (QED) is 0.844. The first-order chi connectivity index (χ1) is 8.86. The Morgan fingerprint density at radius 3 is 2.79 bits per heavy atom. The van der Waals surface area contributed by atoms with E-state index >= 15 is 0 Å². The van der Waals surface area contributed by atoms with Crippen LogP contribution in [-0.4, -0.2) is 16.9 Å². The SMILES string of the molecule is Cc1csc(CC(=O)C2CCCC(C(F)(F)F)C2)n1. The zero-order valence-electron chi connectivity index (χ0n) is 10.7. The van der Waals surface area contributed by atoms with Gasteiger partial charge in [0.25, 0.3) is 0 Å². The predicted octanol–water partition coefficient (Wildman–Crippen LogP) is 3.93. The normalized spacial score (nSPS) is 24.4. The molecule has 0 saturated heterocycles. The number of carbonyl (C=O) groups excluding carboxylic acids is 1. The van der Waals surface area contributed by atoms with Crippen LogP contribution in [-0.2, 0) is 11.2 Å². The molecule has 0 aromatic carbocycles. The molecule has 1 heterocycles. The number of hydrogen-bond acceptors (Lipinski definition) is 3. The molecule has 0 aliphatic heterocycles. The van der Waals surface area contributed by atoms with Gasteiger partial charge < -0.3 is 0 Å². The van der Waals surface area contributed by atoms with E-state index in [9.17, 15) is 18.0 Å². The number of nitrogens with zero attached hydrogens (tertiary/aromatic N) is 1. The van der Waals surface area contributed by atoms with Crippen molar-refractivity contribution in [2.45, 2.75) is 45.2 Å². The number of Topliss-reactive ketones (excluding diaryl/α,β-unsaturated/α-hetero) is 1. The van der Waals surface area contributed by atoms with Gasteiger partial charge in [-0.05, 0) is 26.2 Å². The van der Waals surface area contributed by atoms with Crippen LogP contribution in [0.3, 0.4) is 0 Å². The van der Waals surface area contributed by atoms with Gasteiger partial charge in [-0.15, -0.1) is 11.3 Å². The molecule has 2 rings (SSSR count). The summed E-state index contributed by atoms with van der Waals surface area (Å²) < 4.78 is 38.1. The lowest BCUT2D eigenvalue weighted by molar-refractivity contribution is -0.186. The Balaban J connectivity index is 1.95. The second-order valence-corrected chi connectivity index (χ2v) is 6.07. The third-order valence-electron chi connectivity index (χ3n) is 3.58. The number of thiazole rings is 1. The summed E-state index contributed by atoms with van der Waals surface area (Å²) in [6, 6.07) is 0. The highest BCUT2D eigenvalue weighted by atomic mass is 32.1. The van der Waals surface area contributed by atoms with Crippen LogP contribution in [0.2, 0.25) is 0 Å². The molecular formula is C13H16F3NOS. The average molecular weight is 291 g/mol. The maximum Gasteiger partial charge on any atom is 0.391 e. The number of carbonyl (C=O) groups is 1. The van der Waals surface area contributed by atoms with Crippen molar-refractivity contribution >= 4 is 17.1 Å². The monoisotopic (exact) mass is 291 g/mol. The average Bonchev–Trinajstić information content (AvgIpc) is 2.74. The van der Waals surface area contributed by atoms with Crippen LogP contribution in [0.25, 0.3) is 0 Å². The summed E-state index contributed by atoms with van der Waals surface area (Å²) in [5, 5.41) is 2.55. The number of hydrogen-bond donors (Lipinski definition) is 0. The standard InChI is InChI=1S/C13H16F3NOS/c1-8-7-19-12(17-8)6-11(18)9-3-2-4-10(5-9)13(14,15)16/h7,9-10H,2-6H2,1H3. The molecule has 1 aromatic heterocycles. The molecule has 0 spiro atoms. The second-order valence-electron chi connectivity index (χ2n) is 5.13. The van der Waals surface area contributed by atoms with E-state index in [0.29, 0.717) is 17.8 Å². The first kappa shape index (κ1) is 14.5. The molecule has 1 saturated carbocycles. The van der Waals surface area contributed by atoms with Crippen LogP contribution in [0.1, 0.15) is 36.4 Å². The number of ketones is 1. The lowest BCUT2D eigenvalue weighted by Gasteiger charge is -2.29. The first-order valence-electron chi connectivity index (χ1n) is 6.36. The summed E-state index contributed by atoms with van der Waals surface area (Å²) >= 11 is 1.39. The molecule has 6 heteroatoms. The molecule has 19 heavy (non-hydrogen) atoms. The summed E-state index contributed by atoms with van der Waals surface area (Å²) in [7, 11) is 0. The van der Waals surface area contributed by atoms with E-state index in [1.807, 2.05) is 12.3 Å². The number of aryl methyl sites for hydroxylation is 1. The molecule has 2 atom stereocenters. The minimum absolute atomic E-state index is 0.0489. The van der Waals surface area contributed by atoms with Gasteiger partial charge in [0, 0.05) is 17.0 Å². The Hall–Kier alpha value is -0.910. The van der Waals surface area contributed by atoms with Gasteiger partial charge in [0.15, 0.2) is 0 Å². The molecule has 1 aliphatic carbocycles. The Labute approximate surface area is 114 Å². The van der Waals surface area contributed by atoms with Gasteiger partial charge in [-0.3, -0.25) is 4.79 Å². The number of rotatable bonds is 3. The second kappa shape index (κ2) is 5.61. The highest BCUT2D eigenvalue weighted by Crippen LogP contribution is 2.40. The highest BCUT2D eigenvalue weighted by molar-refractivity contribution is 7.09. The van der Waals surface area contributed by atoms with Crippen molar-refractivity contribution in [3.8, 4) is 0 Å². The van der Waals surface area contributed by atoms with E-state index in [1.54, 1.807) is 0 Å². The van der Waals surface area contributed by atoms with E-state index in [4.69, 9.17) is 0 Å². The zero-order valence-corrected chi connectivity index (χ0v) is 11.5. The van der Waals surface area contributed by atoms with E-state index in [0.717, 1.165) is 5.69 Å². The molecule has 2 unspecified atom stereocenters. The van der Waals surface area contributed by atoms with Crippen LogP contribution in [0.5, 0.6) is 0 Å². The molecule has 1 fully saturated rings. The van der Waals surface area contributed by atoms with Gasteiger partial charge in [-0.1, -0.05) is 6.42 Å².